The molecule has 0 amide bonds. The third kappa shape index (κ3) is 2.38. The summed E-state index contributed by atoms with van der Waals surface area (Å²) in [7, 11) is -0.605. The predicted molar refractivity (Wildman–Crippen MR) is 86.0 cm³/mol. The fourth-order valence-corrected chi connectivity index (χ4v) is 2.95. The molecule has 0 bridgehead atoms. The summed E-state index contributed by atoms with van der Waals surface area (Å²) in [6.07, 6.45) is 0.473. The summed E-state index contributed by atoms with van der Waals surface area (Å²) < 4.78 is 26.1. The lowest BCUT2D eigenvalue weighted by molar-refractivity contribution is 0.0842. The Morgan fingerprint density at radius 3 is 2.64 bits per heavy atom. The molecule has 0 aromatic heterocycles. The predicted octanol–water partition coefficient (Wildman–Crippen LogP) is 3.16. The minimum Gasteiger partial charge on any atom is -0.508 e. The molecular weight excluding hydrogens is 282 g/mol. The molecule has 22 heavy (non-hydrogen) atoms. The Morgan fingerprint density at radius 1 is 1.32 bits per heavy atom. The van der Waals surface area contributed by atoms with Crippen molar-refractivity contribution in [3.05, 3.63) is 35.6 Å². The van der Waals surface area contributed by atoms with E-state index >= 15 is 0 Å². The monoisotopic (exact) mass is 302 g/mol. The van der Waals surface area contributed by atoms with Gasteiger partial charge in [0.1, 0.15) is 11.6 Å². The summed E-state index contributed by atoms with van der Waals surface area (Å²) in [5.74, 6) is -0.118. The minimum absolute atomic E-state index is 0.0893. The zero-order chi connectivity index (χ0) is 16.1. The molecule has 2 aromatic carbocycles. The molecule has 1 aliphatic heterocycles. The Hall–Kier alpha value is -1.59. The molecule has 1 saturated heterocycles. The number of aryl methyl sites for hydroxylation is 1. The average molecular weight is 302 g/mol. The van der Waals surface area contributed by atoms with Gasteiger partial charge in [-0.2, -0.15) is 0 Å². The molecule has 3 rings (SSSR count). The van der Waals surface area contributed by atoms with Crippen LogP contribution in [0.3, 0.4) is 0 Å². The van der Waals surface area contributed by atoms with Gasteiger partial charge >= 0.3 is 7.12 Å². The van der Waals surface area contributed by atoms with Crippen molar-refractivity contribution >= 4 is 23.4 Å². The maximum absolute atomic E-state index is 14.2. The van der Waals surface area contributed by atoms with Crippen molar-refractivity contribution in [1.29, 1.82) is 0 Å². The molecule has 1 atom stereocenters. The smallest absolute Gasteiger partial charge is 0.495 e. The van der Waals surface area contributed by atoms with Crippen LogP contribution in [0.1, 0.15) is 33.3 Å². The van der Waals surface area contributed by atoms with Crippen molar-refractivity contribution in [3.8, 4) is 5.75 Å². The van der Waals surface area contributed by atoms with E-state index in [1.165, 1.54) is 6.07 Å². The summed E-state index contributed by atoms with van der Waals surface area (Å²) in [4.78, 5) is 0. The van der Waals surface area contributed by atoms with E-state index in [0.717, 1.165) is 10.8 Å². The molecule has 0 spiro atoms. The number of benzene rings is 2. The highest BCUT2D eigenvalue weighted by molar-refractivity contribution is 6.65. The Bertz CT molecular complexity index is 729. The highest BCUT2D eigenvalue weighted by Gasteiger charge is 2.44. The zero-order valence-electron chi connectivity index (χ0n) is 13.3. The molecule has 0 saturated carbocycles. The molecule has 1 N–H and O–H groups in total. The number of aromatic hydroxyl groups is 1. The number of hydrogen-bond acceptors (Lipinski definition) is 3. The number of phenolic OH excluding ortho intramolecular Hbond substituents is 1. The van der Waals surface area contributed by atoms with E-state index in [9.17, 15) is 9.50 Å². The van der Waals surface area contributed by atoms with E-state index in [-0.39, 0.29) is 17.7 Å². The summed E-state index contributed by atoms with van der Waals surface area (Å²) in [6, 6.07) is 6.37. The summed E-state index contributed by atoms with van der Waals surface area (Å²) in [5.41, 5.74) is 0.878. The lowest BCUT2D eigenvalue weighted by Gasteiger charge is -2.21. The fraction of sp³-hybridized carbons (Fsp3) is 0.412. The van der Waals surface area contributed by atoms with Gasteiger partial charge in [-0.3, -0.25) is 0 Å². The number of phenols is 1. The molecule has 1 heterocycles. The van der Waals surface area contributed by atoms with E-state index in [1.807, 2.05) is 27.7 Å². The standard InChI is InChI=1S/C17H20BFO3/c1-5-13-15(19)7-6-11-8-12(20)9-14(16(11)13)18-21-10(2)17(3,4)22-18/h6-10,20H,5H2,1-4H3. The molecule has 1 unspecified atom stereocenters. The first-order valence-corrected chi connectivity index (χ1v) is 7.60. The second-order valence-electron chi connectivity index (χ2n) is 6.34. The van der Waals surface area contributed by atoms with Gasteiger partial charge in [0, 0.05) is 0 Å². The number of fused-ring (bicyclic) bond motifs is 1. The van der Waals surface area contributed by atoms with Crippen molar-refractivity contribution in [2.45, 2.75) is 45.8 Å². The van der Waals surface area contributed by atoms with Crippen molar-refractivity contribution < 1.29 is 18.8 Å². The molecule has 3 nitrogen and oxygen atoms in total. The number of rotatable bonds is 2. The summed E-state index contributed by atoms with van der Waals surface area (Å²) >= 11 is 0. The van der Waals surface area contributed by atoms with E-state index in [0.29, 0.717) is 17.4 Å². The van der Waals surface area contributed by atoms with Gasteiger partial charge in [0.2, 0.25) is 0 Å². The zero-order valence-corrected chi connectivity index (χ0v) is 13.3. The molecular formula is C17H20BFO3. The molecule has 1 aliphatic rings. The van der Waals surface area contributed by atoms with Crippen LogP contribution in [-0.2, 0) is 15.7 Å². The quantitative estimate of drug-likeness (QED) is 0.866. The van der Waals surface area contributed by atoms with Crippen LogP contribution in [0.2, 0.25) is 0 Å². The Morgan fingerprint density at radius 2 is 2.05 bits per heavy atom. The first-order chi connectivity index (χ1) is 10.3. The summed E-state index contributed by atoms with van der Waals surface area (Å²) in [6.45, 7) is 7.79. The van der Waals surface area contributed by atoms with E-state index in [4.69, 9.17) is 9.31 Å². The van der Waals surface area contributed by atoms with Crippen molar-refractivity contribution in [2.24, 2.45) is 0 Å². The Kier molecular flexibility index (Phi) is 3.65. The van der Waals surface area contributed by atoms with Crippen LogP contribution in [0.25, 0.3) is 10.8 Å². The summed E-state index contributed by atoms with van der Waals surface area (Å²) in [5, 5.41) is 11.6. The molecule has 0 radical (unpaired) electrons. The minimum atomic E-state index is -0.605. The first-order valence-electron chi connectivity index (χ1n) is 7.60. The van der Waals surface area contributed by atoms with Gasteiger partial charge in [-0.25, -0.2) is 4.39 Å². The SMILES string of the molecule is CCc1c(F)ccc2cc(O)cc(B3OC(C)C(C)(C)O3)c12. The van der Waals surface area contributed by atoms with Crippen molar-refractivity contribution in [2.75, 3.05) is 0 Å². The normalized spacial score (nSPS) is 20.8. The average Bonchev–Trinajstić information content (AvgIpc) is 2.72. The number of halogens is 1. The highest BCUT2D eigenvalue weighted by atomic mass is 19.1. The maximum Gasteiger partial charge on any atom is 0.495 e. The van der Waals surface area contributed by atoms with Gasteiger partial charge < -0.3 is 14.4 Å². The van der Waals surface area contributed by atoms with Crippen molar-refractivity contribution in [3.63, 3.8) is 0 Å². The lowest BCUT2D eigenvalue weighted by atomic mass is 9.74. The maximum atomic E-state index is 14.2. The van der Waals surface area contributed by atoms with Gasteiger partial charge in [-0.15, -0.1) is 0 Å². The molecule has 0 aliphatic carbocycles. The molecule has 1 fully saturated rings. The van der Waals surface area contributed by atoms with Gasteiger partial charge in [-0.1, -0.05) is 13.0 Å². The largest absolute Gasteiger partial charge is 0.508 e. The molecule has 5 heteroatoms. The van der Waals surface area contributed by atoms with Crippen molar-refractivity contribution in [1.82, 2.24) is 0 Å². The number of hydrogen-bond donors (Lipinski definition) is 1. The van der Waals surface area contributed by atoms with Gasteiger partial charge in [0.25, 0.3) is 0 Å². The third-order valence-electron chi connectivity index (χ3n) is 4.51. The highest BCUT2D eigenvalue weighted by Crippen LogP contribution is 2.31. The third-order valence-corrected chi connectivity index (χ3v) is 4.51. The van der Waals surface area contributed by atoms with Crippen LogP contribution in [0, 0.1) is 5.82 Å². The van der Waals surface area contributed by atoms with Gasteiger partial charge in [0.15, 0.2) is 0 Å². The Labute approximate surface area is 130 Å². The fourth-order valence-electron chi connectivity index (χ4n) is 2.95. The van der Waals surface area contributed by atoms with Crippen LogP contribution in [0.15, 0.2) is 24.3 Å². The van der Waals surface area contributed by atoms with Crippen LogP contribution in [0.4, 0.5) is 4.39 Å². The first kappa shape index (κ1) is 15.3. The van der Waals surface area contributed by atoms with E-state index < -0.39 is 12.7 Å². The van der Waals surface area contributed by atoms with Crippen LogP contribution < -0.4 is 5.46 Å². The van der Waals surface area contributed by atoms with Crippen LogP contribution >= 0.6 is 0 Å². The second-order valence-corrected chi connectivity index (χ2v) is 6.34. The Balaban J connectivity index is 2.23. The van der Waals surface area contributed by atoms with E-state index in [1.54, 1.807) is 18.2 Å². The van der Waals surface area contributed by atoms with Crippen LogP contribution in [-0.4, -0.2) is 23.9 Å². The molecule has 2 aromatic rings. The van der Waals surface area contributed by atoms with Gasteiger partial charge in [0.05, 0.1) is 11.7 Å². The molecule has 116 valence electrons. The van der Waals surface area contributed by atoms with Gasteiger partial charge in [-0.05, 0) is 67.2 Å². The topological polar surface area (TPSA) is 38.7 Å². The van der Waals surface area contributed by atoms with Crippen LogP contribution in [0.5, 0.6) is 5.75 Å². The lowest BCUT2D eigenvalue weighted by Crippen LogP contribution is -2.35. The second kappa shape index (κ2) is 5.25. The van der Waals surface area contributed by atoms with E-state index in [2.05, 4.69) is 0 Å².